The third kappa shape index (κ3) is 6.97. The number of rotatable bonds is 3. The third-order valence-corrected chi connectivity index (χ3v) is 7.53. The van der Waals surface area contributed by atoms with Gasteiger partial charge in [0.1, 0.15) is 5.60 Å². The van der Waals surface area contributed by atoms with E-state index in [1.165, 1.54) is 38.5 Å². The van der Waals surface area contributed by atoms with Gasteiger partial charge in [-0.1, -0.05) is 0 Å². The Morgan fingerprint density at radius 2 is 1.22 bits per heavy atom. The maximum Gasteiger partial charge on any atom is 0.407 e. The van der Waals surface area contributed by atoms with Crippen LogP contribution in [0.25, 0.3) is 0 Å². The van der Waals surface area contributed by atoms with Crippen molar-refractivity contribution in [1.82, 2.24) is 15.1 Å². The van der Waals surface area contributed by atoms with E-state index in [-0.39, 0.29) is 24.5 Å². The molecule has 4 bridgehead atoms. The lowest BCUT2D eigenvalue weighted by Crippen LogP contribution is -2.53. The molecule has 0 aromatic carbocycles. The normalized spacial score (nSPS) is 34.7. The number of halogens is 1. The Labute approximate surface area is 202 Å². The summed E-state index contributed by atoms with van der Waals surface area (Å²) in [7, 11) is 0. The number of fused-ring (bicyclic) bond motifs is 4. The summed E-state index contributed by atoms with van der Waals surface area (Å²) in [6.45, 7) is 14.9. The minimum atomic E-state index is -0.415. The molecule has 0 aliphatic carbocycles. The van der Waals surface area contributed by atoms with Gasteiger partial charge in [0.25, 0.3) is 0 Å². The van der Waals surface area contributed by atoms with Gasteiger partial charge < -0.3 is 15.8 Å². The molecule has 32 heavy (non-hydrogen) atoms. The molecule has 4 fully saturated rings. The zero-order valence-electron chi connectivity index (χ0n) is 21.5. The molecule has 0 aromatic rings. The summed E-state index contributed by atoms with van der Waals surface area (Å²) < 4.78 is 5.34. The van der Waals surface area contributed by atoms with Gasteiger partial charge in [0.2, 0.25) is 0 Å². The van der Waals surface area contributed by atoms with Crippen molar-refractivity contribution < 1.29 is 9.53 Å². The van der Waals surface area contributed by atoms with Crippen LogP contribution in [0.1, 0.15) is 99.8 Å². The molecular formula is C25H49ClN4O2. The van der Waals surface area contributed by atoms with E-state index in [2.05, 4.69) is 42.8 Å². The van der Waals surface area contributed by atoms with Gasteiger partial charge in [0, 0.05) is 48.3 Å². The van der Waals surface area contributed by atoms with E-state index >= 15 is 0 Å². The number of hydrogen-bond donors (Lipinski definition) is 2. The number of nitrogens with zero attached hydrogens (tertiary/aromatic N) is 2. The van der Waals surface area contributed by atoms with Crippen LogP contribution in [-0.4, -0.2) is 69.8 Å². The second-order valence-electron chi connectivity index (χ2n) is 11.9. The first-order valence-corrected chi connectivity index (χ1v) is 12.7. The molecule has 0 aromatic heterocycles. The lowest BCUT2D eigenvalue weighted by Gasteiger charge is -2.41. The van der Waals surface area contributed by atoms with Crippen molar-refractivity contribution in [1.29, 1.82) is 0 Å². The maximum absolute atomic E-state index is 11.8. The van der Waals surface area contributed by atoms with Gasteiger partial charge in [-0.3, -0.25) is 9.80 Å². The van der Waals surface area contributed by atoms with Gasteiger partial charge in [-0.2, -0.15) is 0 Å². The lowest BCUT2D eigenvalue weighted by atomic mass is 9.96. The van der Waals surface area contributed by atoms with E-state index in [1.807, 2.05) is 20.8 Å². The summed E-state index contributed by atoms with van der Waals surface area (Å²) in [6.07, 6.45) is 9.64. The minimum Gasteiger partial charge on any atom is -0.444 e. The van der Waals surface area contributed by atoms with Crippen LogP contribution in [0.3, 0.4) is 0 Å². The Hall–Kier alpha value is -0.560. The molecule has 4 heterocycles. The first-order valence-electron chi connectivity index (χ1n) is 12.7. The molecular weight excluding hydrogens is 424 g/mol. The number of nitrogens with two attached hydrogens (primary N) is 1. The topological polar surface area (TPSA) is 70.8 Å². The van der Waals surface area contributed by atoms with E-state index in [9.17, 15) is 4.79 Å². The van der Waals surface area contributed by atoms with Gasteiger partial charge in [-0.15, -0.1) is 12.4 Å². The van der Waals surface area contributed by atoms with E-state index in [4.69, 9.17) is 10.5 Å². The van der Waals surface area contributed by atoms with Crippen LogP contribution in [0.4, 0.5) is 4.79 Å². The van der Waals surface area contributed by atoms with E-state index in [0.29, 0.717) is 24.2 Å². The Morgan fingerprint density at radius 3 is 1.56 bits per heavy atom. The molecule has 4 unspecified atom stereocenters. The summed E-state index contributed by atoms with van der Waals surface area (Å²) in [5.41, 5.74) is 5.58. The molecule has 4 atom stereocenters. The molecule has 188 valence electrons. The number of carbonyl (C=O) groups excluding carboxylic acids is 1. The molecule has 4 aliphatic heterocycles. The van der Waals surface area contributed by atoms with Crippen LogP contribution >= 0.6 is 12.4 Å². The average Bonchev–Trinajstić information content (AvgIpc) is 3.05. The highest BCUT2D eigenvalue weighted by molar-refractivity contribution is 5.85. The zero-order chi connectivity index (χ0) is 22.9. The van der Waals surface area contributed by atoms with Gasteiger partial charge in [-0.25, -0.2) is 4.79 Å². The zero-order valence-corrected chi connectivity index (χ0v) is 22.3. The van der Waals surface area contributed by atoms with Crippen LogP contribution in [0, 0.1) is 0 Å². The number of carbonyl (C=O) groups is 1. The second-order valence-corrected chi connectivity index (χ2v) is 11.9. The Morgan fingerprint density at radius 1 is 0.844 bits per heavy atom. The predicted molar refractivity (Wildman–Crippen MR) is 134 cm³/mol. The number of nitrogens with one attached hydrogen (secondary N) is 1. The van der Waals surface area contributed by atoms with Gasteiger partial charge in [-0.05, 0) is 99.8 Å². The van der Waals surface area contributed by atoms with Crippen molar-refractivity contribution in [3.05, 3.63) is 0 Å². The quantitative estimate of drug-likeness (QED) is 0.623. The molecule has 0 radical (unpaired) electrons. The fourth-order valence-corrected chi connectivity index (χ4v) is 6.75. The molecule has 7 heteroatoms. The maximum atomic E-state index is 11.8. The molecule has 4 aliphatic rings. The number of hydrogen-bond acceptors (Lipinski definition) is 5. The summed E-state index contributed by atoms with van der Waals surface area (Å²) in [6, 6.07) is 4.98. The highest BCUT2D eigenvalue weighted by atomic mass is 35.5. The molecule has 4 saturated heterocycles. The summed E-state index contributed by atoms with van der Waals surface area (Å²) >= 11 is 0. The molecule has 4 rings (SSSR count). The molecule has 0 spiro atoms. The molecule has 6 nitrogen and oxygen atoms in total. The fraction of sp³-hybridized carbons (Fsp3) is 0.960. The Balaban J connectivity index is 0.000000241. The standard InChI is InChI=1S/C15H28N2O2.C10H20N2.ClH/c1-10(2)17-12-6-7-13(17)9-11(8-12)16-14(18)19-15(3,4)5;1-7(2)12-9-3-4-10(12)6-8(11)5-9;/h10-13H,6-9H2,1-5H3,(H,16,18);7-10H,3-6,11H2,1-2H3;1H. The number of piperidine rings is 2. The predicted octanol–water partition coefficient (Wildman–Crippen LogP) is 4.69. The van der Waals surface area contributed by atoms with Crippen LogP contribution < -0.4 is 11.1 Å². The molecule has 3 N–H and O–H groups in total. The van der Waals surface area contributed by atoms with Crippen LogP contribution in [0.5, 0.6) is 0 Å². The first-order chi connectivity index (χ1) is 14.4. The highest BCUT2D eigenvalue weighted by Gasteiger charge is 2.42. The molecule has 0 saturated carbocycles. The van der Waals surface area contributed by atoms with Crippen LogP contribution in [0.2, 0.25) is 0 Å². The smallest absolute Gasteiger partial charge is 0.407 e. The number of ether oxygens (including phenoxy) is 1. The SMILES string of the molecule is CC(C)N1C2CCC1CC(N)C2.CC(C)N1C2CCC1CC(NC(=O)OC(C)(C)C)C2.Cl. The van der Waals surface area contributed by atoms with Crippen molar-refractivity contribution >= 4 is 18.5 Å². The van der Waals surface area contributed by atoms with Crippen molar-refractivity contribution in [2.75, 3.05) is 0 Å². The van der Waals surface area contributed by atoms with E-state index < -0.39 is 5.60 Å². The first kappa shape index (κ1) is 27.7. The second kappa shape index (κ2) is 11.2. The minimum absolute atomic E-state index is 0. The number of alkyl carbamates (subject to hydrolysis) is 1. The Kier molecular flexibility index (Phi) is 9.73. The Bertz CT molecular complexity index is 581. The fourth-order valence-electron chi connectivity index (χ4n) is 6.75. The van der Waals surface area contributed by atoms with Gasteiger partial charge >= 0.3 is 6.09 Å². The van der Waals surface area contributed by atoms with Crippen molar-refractivity contribution in [3.63, 3.8) is 0 Å². The van der Waals surface area contributed by atoms with Crippen LogP contribution in [-0.2, 0) is 4.74 Å². The van der Waals surface area contributed by atoms with Crippen molar-refractivity contribution in [3.8, 4) is 0 Å². The molecule has 1 amide bonds. The highest BCUT2D eigenvalue weighted by Crippen LogP contribution is 2.37. The monoisotopic (exact) mass is 472 g/mol. The lowest BCUT2D eigenvalue weighted by molar-refractivity contribution is 0.0412. The van der Waals surface area contributed by atoms with Crippen molar-refractivity contribution in [2.24, 2.45) is 5.73 Å². The summed E-state index contributed by atoms with van der Waals surface area (Å²) in [5, 5.41) is 3.05. The van der Waals surface area contributed by atoms with Gasteiger partial charge in [0.05, 0.1) is 0 Å². The van der Waals surface area contributed by atoms with Crippen molar-refractivity contribution in [2.45, 2.75) is 154 Å². The summed E-state index contributed by atoms with van der Waals surface area (Å²) in [5.74, 6) is 0. The van der Waals surface area contributed by atoms with E-state index in [1.54, 1.807) is 0 Å². The van der Waals surface area contributed by atoms with E-state index in [0.717, 1.165) is 31.0 Å². The van der Waals surface area contributed by atoms with Crippen LogP contribution in [0.15, 0.2) is 0 Å². The number of amides is 1. The summed E-state index contributed by atoms with van der Waals surface area (Å²) in [4.78, 5) is 17.1. The third-order valence-electron chi connectivity index (χ3n) is 7.53. The largest absolute Gasteiger partial charge is 0.444 e. The average molecular weight is 473 g/mol. The van der Waals surface area contributed by atoms with Gasteiger partial charge in [0.15, 0.2) is 0 Å².